The minimum atomic E-state index is -3.66. The molecule has 0 radical (unpaired) electrons. The molecular weight excluding hydrogens is 416 g/mol. The number of sulfonamides is 1. The lowest BCUT2D eigenvalue weighted by Gasteiger charge is -2.26. The second kappa shape index (κ2) is 10.7. The maximum absolute atomic E-state index is 13.0. The largest absolute Gasteiger partial charge is 0.494 e. The van der Waals surface area contributed by atoms with Gasteiger partial charge in [-0.05, 0) is 56.0 Å². The second-order valence-electron chi connectivity index (χ2n) is 7.40. The number of hydrogen-bond acceptors (Lipinski definition) is 5. The van der Waals surface area contributed by atoms with Gasteiger partial charge in [0.05, 0.1) is 24.7 Å². The Morgan fingerprint density at radius 2 is 1.90 bits per heavy atom. The van der Waals surface area contributed by atoms with Gasteiger partial charge < -0.3 is 14.8 Å². The number of nitrogens with zero attached hydrogens (tertiary/aromatic N) is 1. The molecule has 3 rings (SSSR count). The predicted octanol–water partition coefficient (Wildman–Crippen LogP) is 2.78. The van der Waals surface area contributed by atoms with Crippen molar-refractivity contribution in [2.24, 2.45) is 0 Å². The molecule has 1 saturated heterocycles. The highest BCUT2D eigenvalue weighted by Crippen LogP contribution is 2.23. The molecule has 0 saturated carbocycles. The Bertz CT molecular complexity index is 1000. The first-order valence-electron chi connectivity index (χ1n) is 10.6. The van der Waals surface area contributed by atoms with Gasteiger partial charge in [0.1, 0.15) is 5.75 Å². The number of nitrogens with one attached hydrogen (secondary N) is 1. The topological polar surface area (TPSA) is 84.9 Å². The van der Waals surface area contributed by atoms with Gasteiger partial charge in [-0.15, -0.1) is 0 Å². The van der Waals surface area contributed by atoms with E-state index >= 15 is 0 Å². The number of rotatable bonds is 9. The zero-order chi connectivity index (χ0) is 22.3. The Morgan fingerprint density at radius 3 is 2.65 bits per heavy atom. The molecule has 2 aromatic rings. The number of para-hydroxylation sites is 1. The van der Waals surface area contributed by atoms with Crippen molar-refractivity contribution in [3.63, 3.8) is 0 Å². The molecule has 0 atom stereocenters. The number of aryl methyl sites for hydroxylation is 2. The summed E-state index contributed by atoms with van der Waals surface area (Å²) in [5, 5.41) is 2.89. The summed E-state index contributed by atoms with van der Waals surface area (Å²) in [4.78, 5) is 12.8. The molecule has 168 valence electrons. The summed E-state index contributed by atoms with van der Waals surface area (Å²) in [6.45, 7) is 6.19. The molecule has 31 heavy (non-hydrogen) atoms. The van der Waals surface area contributed by atoms with Crippen molar-refractivity contribution in [3.05, 3.63) is 59.2 Å². The summed E-state index contributed by atoms with van der Waals surface area (Å²) >= 11 is 0. The molecule has 2 aromatic carbocycles. The molecule has 1 fully saturated rings. The van der Waals surface area contributed by atoms with Crippen LogP contribution in [0.2, 0.25) is 0 Å². The summed E-state index contributed by atoms with van der Waals surface area (Å²) in [5.41, 5.74) is 2.07. The lowest BCUT2D eigenvalue weighted by atomic mass is 10.1. The van der Waals surface area contributed by atoms with Gasteiger partial charge in [-0.25, -0.2) is 8.42 Å². The molecule has 0 spiro atoms. The maximum Gasteiger partial charge on any atom is 0.251 e. The van der Waals surface area contributed by atoms with E-state index in [9.17, 15) is 13.2 Å². The number of amides is 1. The molecule has 0 aromatic heterocycles. The van der Waals surface area contributed by atoms with Gasteiger partial charge in [0.2, 0.25) is 10.0 Å². The van der Waals surface area contributed by atoms with Crippen LogP contribution < -0.4 is 10.1 Å². The summed E-state index contributed by atoms with van der Waals surface area (Å²) in [5.74, 6) is 0.587. The van der Waals surface area contributed by atoms with E-state index in [4.69, 9.17) is 9.47 Å². The highest BCUT2D eigenvalue weighted by Gasteiger charge is 2.28. The van der Waals surface area contributed by atoms with Crippen molar-refractivity contribution in [1.29, 1.82) is 0 Å². The van der Waals surface area contributed by atoms with Crippen LogP contribution in [-0.4, -0.2) is 58.1 Å². The van der Waals surface area contributed by atoms with E-state index in [2.05, 4.69) is 5.32 Å². The minimum absolute atomic E-state index is 0.174. The summed E-state index contributed by atoms with van der Waals surface area (Å²) in [7, 11) is -3.66. The standard InChI is InChI=1S/C23H30N2O5S/c1-3-30-21-9-5-4-7-19(21)8-6-12-24-23(26)20-11-10-18(2)22(17-20)31(27,28)25-13-15-29-16-14-25/h4-5,7,9-11,17H,3,6,8,12-16H2,1-2H3,(H,24,26). The molecule has 0 bridgehead atoms. The quantitative estimate of drug-likeness (QED) is 0.599. The molecule has 7 nitrogen and oxygen atoms in total. The molecule has 8 heteroatoms. The summed E-state index contributed by atoms with van der Waals surface area (Å²) in [6.07, 6.45) is 1.53. The minimum Gasteiger partial charge on any atom is -0.494 e. The Kier molecular flexibility index (Phi) is 8.06. The number of hydrogen-bond donors (Lipinski definition) is 1. The van der Waals surface area contributed by atoms with E-state index in [0.29, 0.717) is 50.6 Å². The first kappa shape index (κ1) is 23.2. The Labute approximate surface area is 184 Å². The van der Waals surface area contributed by atoms with Crippen LogP contribution in [0.25, 0.3) is 0 Å². The van der Waals surface area contributed by atoms with Crippen molar-refractivity contribution in [2.45, 2.75) is 31.6 Å². The van der Waals surface area contributed by atoms with E-state index < -0.39 is 10.0 Å². The normalized spacial score (nSPS) is 14.9. The van der Waals surface area contributed by atoms with Gasteiger partial charge in [0.25, 0.3) is 5.91 Å². The van der Waals surface area contributed by atoms with Crippen LogP contribution >= 0.6 is 0 Å². The fourth-order valence-electron chi connectivity index (χ4n) is 3.53. The molecule has 1 N–H and O–H groups in total. The van der Waals surface area contributed by atoms with Gasteiger partial charge in [-0.1, -0.05) is 24.3 Å². The average Bonchev–Trinajstić information content (AvgIpc) is 2.78. The van der Waals surface area contributed by atoms with Gasteiger partial charge in [-0.2, -0.15) is 4.31 Å². The van der Waals surface area contributed by atoms with Crippen LogP contribution in [0.3, 0.4) is 0 Å². The summed E-state index contributed by atoms with van der Waals surface area (Å²) < 4.78 is 38.3. The zero-order valence-electron chi connectivity index (χ0n) is 18.1. The van der Waals surface area contributed by atoms with E-state index in [1.807, 2.05) is 31.2 Å². The fraction of sp³-hybridized carbons (Fsp3) is 0.435. The lowest BCUT2D eigenvalue weighted by molar-refractivity contribution is 0.0730. The van der Waals surface area contributed by atoms with E-state index in [0.717, 1.165) is 24.2 Å². The first-order chi connectivity index (χ1) is 14.9. The number of carbonyl (C=O) groups excluding carboxylic acids is 1. The number of morpholine rings is 1. The second-order valence-corrected chi connectivity index (χ2v) is 9.30. The van der Waals surface area contributed by atoms with E-state index in [1.54, 1.807) is 19.1 Å². The highest BCUT2D eigenvalue weighted by molar-refractivity contribution is 7.89. The zero-order valence-corrected chi connectivity index (χ0v) is 18.9. The van der Waals surface area contributed by atoms with Crippen LogP contribution in [0, 0.1) is 6.92 Å². The fourth-order valence-corrected chi connectivity index (χ4v) is 5.19. The number of carbonyl (C=O) groups is 1. The van der Waals surface area contributed by atoms with Crippen molar-refractivity contribution >= 4 is 15.9 Å². The van der Waals surface area contributed by atoms with Crippen molar-refractivity contribution in [3.8, 4) is 5.75 Å². The Morgan fingerprint density at radius 1 is 1.16 bits per heavy atom. The van der Waals surface area contributed by atoms with Crippen LogP contribution in [-0.2, 0) is 21.2 Å². The molecule has 1 amide bonds. The van der Waals surface area contributed by atoms with Gasteiger partial charge >= 0.3 is 0 Å². The van der Waals surface area contributed by atoms with Gasteiger partial charge in [0, 0.05) is 25.2 Å². The third kappa shape index (κ3) is 5.84. The van der Waals surface area contributed by atoms with Crippen LogP contribution in [0.15, 0.2) is 47.4 Å². The lowest BCUT2D eigenvalue weighted by Crippen LogP contribution is -2.41. The average molecular weight is 447 g/mol. The van der Waals surface area contributed by atoms with Gasteiger partial charge in [-0.3, -0.25) is 4.79 Å². The van der Waals surface area contributed by atoms with E-state index in [1.165, 1.54) is 10.4 Å². The van der Waals surface area contributed by atoms with Gasteiger partial charge in [0.15, 0.2) is 0 Å². The monoisotopic (exact) mass is 446 g/mol. The summed E-state index contributed by atoms with van der Waals surface area (Å²) in [6, 6.07) is 12.7. The SMILES string of the molecule is CCOc1ccccc1CCCNC(=O)c1ccc(C)c(S(=O)(=O)N2CCOCC2)c1. The third-order valence-corrected chi connectivity index (χ3v) is 7.26. The predicted molar refractivity (Wildman–Crippen MR) is 119 cm³/mol. The molecule has 1 heterocycles. The van der Waals surface area contributed by atoms with Crippen molar-refractivity contribution in [1.82, 2.24) is 9.62 Å². The van der Waals surface area contributed by atoms with E-state index in [-0.39, 0.29) is 10.8 Å². The smallest absolute Gasteiger partial charge is 0.251 e. The third-order valence-electron chi connectivity index (χ3n) is 5.22. The molecular formula is C23H30N2O5S. The van der Waals surface area contributed by atoms with Crippen molar-refractivity contribution in [2.75, 3.05) is 39.5 Å². The molecule has 1 aliphatic heterocycles. The molecule has 0 aliphatic carbocycles. The molecule has 1 aliphatic rings. The first-order valence-corrected chi connectivity index (χ1v) is 12.0. The Hall–Kier alpha value is -2.42. The van der Waals surface area contributed by atoms with Crippen molar-refractivity contribution < 1.29 is 22.7 Å². The number of ether oxygens (including phenoxy) is 2. The van der Waals surface area contributed by atoms with Crippen LogP contribution in [0.1, 0.15) is 34.8 Å². The molecule has 0 unspecified atom stereocenters. The highest BCUT2D eigenvalue weighted by atomic mass is 32.2. The van der Waals surface area contributed by atoms with Crippen LogP contribution in [0.5, 0.6) is 5.75 Å². The van der Waals surface area contributed by atoms with Crippen LogP contribution in [0.4, 0.5) is 0 Å². The Balaban J connectivity index is 1.62. The maximum atomic E-state index is 13.0. The number of benzene rings is 2.